The van der Waals surface area contributed by atoms with Gasteiger partial charge in [-0.25, -0.2) is 4.98 Å². The molecule has 1 aliphatic heterocycles. The van der Waals surface area contributed by atoms with Crippen molar-refractivity contribution in [3.8, 4) is 0 Å². The first kappa shape index (κ1) is 16.2. The minimum atomic E-state index is 0.667. The molecule has 1 N–H and O–H groups in total. The normalized spacial score (nSPS) is 15.3. The SMILES string of the molecule is Cc1cc(N2CCCCCC2)nc(Nc2ccc(C)c(Br)c2)n1. The van der Waals surface area contributed by atoms with Crippen LogP contribution in [0.25, 0.3) is 0 Å². The quantitative estimate of drug-likeness (QED) is 0.822. The highest BCUT2D eigenvalue weighted by Crippen LogP contribution is 2.24. The summed E-state index contributed by atoms with van der Waals surface area (Å²) in [6, 6.07) is 8.28. The van der Waals surface area contributed by atoms with Gasteiger partial charge in [-0.3, -0.25) is 0 Å². The van der Waals surface area contributed by atoms with E-state index in [1.165, 1.54) is 31.2 Å². The molecule has 0 bridgehead atoms. The summed E-state index contributed by atoms with van der Waals surface area (Å²) < 4.78 is 1.09. The number of aryl methyl sites for hydroxylation is 2. The molecule has 5 heteroatoms. The molecule has 0 aliphatic carbocycles. The highest BCUT2D eigenvalue weighted by Gasteiger charge is 2.13. The van der Waals surface area contributed by atoms with E-state index in [0.29, 0.717) is 5.95 Å². The van der Waals surface area contributed by atoms with Gasteiger partial charge < -0.3 is 10.2 Å². The van der Waals surface area contributed by atoms with Crippen LogP contribution >= 0.6 is 15.9 Å². The van der Waals surface area contributed by atoms with Crippen LogP contribution in [0.3, 0.4) is 0 Å². The molecule has 0 amide bonds. The molecule has 1 aliphatic rings. The van der Waals surface area contributed by atoms with E-state index in [0.717, 1.165) is 34.8 Å². The minimum absolute atomic E-state index is 0.667. The molecule has 2 aromatic rings. The lowest BCUT2D eigenvalue weighted by Gasteiger charge is -2.22. The van der Waals surface area contributed by atoms with Crippen LogP contribution in [0, 0.1) is 13.8 Å². The zero-order chi connectivity index (χ0) is 16.2. The molecule has 0 atom stereocenters. The monoisotopic (exact) mass is 374 g/mol. The largest absolute Gasteiger partial charge is 0.356 e. The predicted octanol–water partition coefficient (Wildman–Crippen LogP) is 4.98. The summed E-state index contributed by atoms with van der Waals surface area (Å²) in [5, 5.41) is 3.33. The Morgan fingerprint density at radius 1 is 1.00 bits per heavy atom. The number of hydrogen-bond acceptors (Lipinski definition) is 4. The van der Waals surface area contributed by atoms with E-state index in [2.05, 4.69) is 62.3 Å². The van der Waals surface area contributed by atoms with Gasteiger partial charge in [-0.05, 0) is 44.4 Å². The number of nitrogens with zero attached hydrogens (tertiary/aromatic N) is 3. The summed E-state index contributed by atoms with van der Waals surface area (Å²) in [4.78, 5) is 11.7. The molecule has 0 saturated carbocycles. The maximum Gasteiger partial charge on any atom is 0.229 e. The molecule has 4 nitrogen and oxygen atoms in total. The number of aromatic nitrogens is 2. The lowest BCUT2D eigenvalue weighted by molar-refractivity contribution is 0.726. The van der Waals surface area contributed by atoms with Crippen LogP contribution in [-0.2, 0) is 0 Å². The van der Waals surface area contributed by atoms with Crippen molar-refractivity contribution in [3.63, 3.8) is 0 Å². The summed E-state index contributed by atoms with van der Waals surface area (Å²) in [5.41, 5.74) is 3.20. The lowest BCUT2D eigenvalue weighted by Crippen LogP contribution is -2.25. The molecule has 0 spiro atoms. The first-order valence-corrected chi connectivity index (χ1v) is 9.05. The van der Waals surface area contributed by atoms with Gasteiger partial charge >= 0.3 is 0 Å². The van der Waals surface area contributed by atoms with E-state index in [4.69, 9.17) is 4.98 Å². The number of halogens is 1. The Balaban J connectivity index is 1.83. The molecule has 0 radical (unpaired) electrons. The molecule has 1 saturated heterocycles. The van der Waals surface area contributed by atoms with Gasteiger partial charge in [0.1, 0.15) is 5.82 Å². The summed E-state index contributed by atoms with van der Waals surface area (Å²) in [5.74, 6) is 1.70. The van der Waals surface area contributed by atoms with E-state index in [1.54, 1.807) is 0 Å². The maximum atomic E-state index is 4.73. The molecule has 1 fully saturated rings. The second-order valence-corrected chi connectivity index (χ2v) is 7.04. The average Bonchev–Trinajstić information content (AvgIpc) is 2.80. The van der Waals surface area contributed by atoms with E-state index < -0.39 is 0 Å². The molecule has 3 rings (SSSR count). The van der Waals surface area contributed by atoms with E-state index in [-0.39, 0.29) is 0 Å². The maximum absolute atomic E-state index is 4.73. The van der Waals surface area contributed by atoms with Gasteiger partial charge in [0.25, 0.3) is 0 Å². The van der Waals surface area contributed by atoms with Crippen LogP contribution in [0.2, 0.25) is 0 Å². The molecule has 23 heavy (non-hydrogen) atoms. The first-order valence-electron chi connectivity index (χ1n) is 8.25. The van der Waals surface area contributed by atoms with Crippen molar-refractivity contribution >= 4 is 33.4 Å². The van der Waals surface area contributed by atoms with Gasteiger partial charge in [0, 0.05) is 35.0 Å². The standard InChI is InChI=1S/C18H23BrN4/c1-13-7-8-15(12-16(13)19)21-18-20-14(2)11-17(22-18)23-9-5-3-4-6-10-23/h7-8,11-12H,3-6,9-10H2,1-2H3,(H,20,21,22). The topological polar surface area (TPSA) is 41.1 Å². The smallest absolute Gasteiger partial charge is 0.229 e. The van der Waals surface area contributed by atoms with Gasteiger partial charge in [-0.1, -0.05) is 34.8 Å². The van der Waals surface area contributed by atoms with E-state index in [1.807, 2.05) is 6.92 Å². The predicted molar refractivity (Wildman–Crippen MR) is 99.6 cm³/mol. The Kier molecular flexibility index (Phi) is 5.16. The second-order valence-electron chi connectivity index (χ2n) is 6.18. The fourth-order valence-electron chi connectivity index (χ4n) is 2.87. The van der Waals surface area contributed by atoms with Crippen molar-refractivity contribution in [2.75, 3.05) is 23.3 Å². The van der Waals surface area contributed by atoms with Gasteiger partial charge in [0.2, 0.25) is 5.95 Å². The number of hydrogen-bond donors (Lipinski definition) is 1. The van der Waals surface area contributed by atoms with Crippen molar-refractivity contribution in [1.29, 1.82) is 0 Å². The third-order valence-electron chi connectivity index (χ3n) is 4.20. The van der Waals surface area contributed by atoms with Crippen molar-refractivity contribution in [2.45, 2.75) is 39.5 Å². The highest BCUT2D eigenvalue weighted by molar-refractivity contribution is 9.10. The Bertz CT molecular complexity index is 679. The third kappa shape index (κ3) is 4.22. The molecule has 2 heterocycles. The van der Waals surface area contributed by atoms with Crippen molar-refractivity contribution in [1.82, 2.24) is 9.97 Å². The van der Waals surface area contributed by atoms with Crippen LogP contribution in [0.4, 0.5) is 17.5 Å². The Morgan fingerprint density at radius 2 is 1.74 bits per heavy atom. The average molecular weight is 375 g/mol. The van der Waals surface area contributed by atoms with Crippen LogP contribution in [0.15, 0.2) is 28.7 Å². The fraction of sp³-hybridized carbons (Fsp3) is 0.444. The van der Waals surface area contributed by atoms with Crippen LogP contribution in [-0.4, -0.2) is 23.1 Å². The summed E-state index contributed by atoms with van der Waals surface area (Å²) >= 11 is 3.57. The van der Waals surface area contributed by atoms with Crippen molar-refractivity contribution in [3.05, 3.63) is 40.0 Å². The van der Waals surface area contributed by atoms with Crippen molar-refractivity contribution < 1.29 is 0 Å². The zero-order valence-corrected chi connectivity index (χ0v) is 15.4. The second kappa shape index (κ2) is 7.30. The summed E-state index contributed by atoms with van der Waals surface area (Å²) in [6.45, 7) is 6.28. The Hall–Kier alpha value is -1.62. The first-order chi connectivity index (χ1) is 11.1. The molecular weight excluding hydrogens is 352 g/mol. The number of anilines is 3. The van der Waals surface area contributed by atoms with Crippen LogP contribution in [0.5, 0.6) is 0 Å². The molecule has 122 valence electrons. The highest BCUT2D eigenvalue weighted by atomic mass is 79.9. The minimum Gasteiger partial charge on any atom is -0.356 e. The number of nitrogens with one attached hydrogen (secondary N) is 1. The zero-order valence-electron chi connectivity index (χ0n) is 13.8. The number of rotatable bonds is 3. The molecule has 0 unspecified atom stereocenters. The third-order valence-corrected chi connectivity index (χ3v) is 5.05. The Labute approximate surface area is 146 Å². The molecule has 1 aromatic heterocycles. The summed E-state index contributed by atoms with van der Waals surface area (Å²) in [6.07, 6.45) is 5.14. The van der Waals surface area contributed by atoms with Gasteiger partial charge in [-0.15, -0.1) is 0 Å². The fourth-order valence-corrected chi connectivity index (χ4v) is 3.25. The van der Waals surface area contributed by atoms with E-state index in [9.17, 15) is 0 Å². The summed E-state index contributed by atoms with van der Waals surface area (Å²) in [7, 11) is 0. The van der Waals surface area contributed by atoms with Gasteiger partial charge in [0.05, 0.1) is 0 Å². The van der Waals surface area contributed by atoms with Crippen molar-refractivity contribution in [2.24, 2.45) is 0 Å². The van der Waals surface area contributed by atoms with Gasteiger partial charge in [-0.2, -0.15) is 4.98 Å². The van der Waals surface area contributed by atoms with Gasteiger partial charge in [0.15, 0.2) is 0 Å². The van der Waals surface area contributed by atoms with Crippen LogP contribution < -0.4 is 10.2 Å². The molecular formula is C18H23BrN4. The molecule has 1 aromatic carbocycles. The van der Waals surface area contributed by atoms with Crippen LogP contribution in [0.1, 0.15) is 36.9 Å². The van der Waals surface area contributed by atoms with E-state index >= 15 is 0 Å². The number of benzene rings is 1. The Morgan fingerprint density at radius 3 is 2.43 bits per heavy atom. The lowest BCUT2D eigenvalue weighted by atomic mass is 10.2.